The summed E-state index contributed by atoms with van der Waals surface area (Å²) in [6, 6.07) is 41.4. The first kappa shape index (κ1) is 18.5. The summed E-state index contributed by atoms with van der Waals surface area (Å²) in [7, 11) is 0. The smallest absolute Gasteiger partial charge is 0.140 e. The number of aryl methyl sites for hydroxylation is 1. The highest BCUT2D eigenvalue weighted by Crippen LogP contribution is 2.63. The van der Waals surface area contributed by atoms with Crippen LogP contribution in [-0.4, -0.2) is 0 Å². The van der Waals surface area contributed by atoms with Gasteiger partial charge in [0.15, 0.2) is 0 Å². The zero-order valence-corrected chi connectivity index (χ0v) is 18.4. The summed E-state index contributed by atoms with van der Waals surface area (Å²) >= 11 is 0. The van der Waals surface area contributed by atoms with Gasteiger partial charge in [-0.3, -0.25) is 0 Å². The van der Waals surface area contributed by atoms with Crippen molar-refractivity contribution in [3.05, 3.63) is 143 Å². The molecule has 0 saturated heterocycles. The lowest BCUT2D eigenvalue weighted by atomic mass is 9.65. The molecule has 2 aliphatic rings. The zero-order valence-electron chi connectivity index (χ0n) is 18.4. The van der Waals surface area contributed by atoms with E-state index in [-0.39, 0.29) is 0 Å². The van der Waals surface area contributed by atoms with Crippen LogP contribution in [0.1, 0.15) is 27.8 Å². The lowest BCUT2D eigenvalue weighted by Crippen LogP contribution is -2.32. The number of ether oxygens (including phenoxy) is 1. The van der Waals surface area contributed by atoms with Crippen LogP contribution in [0.4, 0.5) is 0 Å². The molecule has 0 aromatic heterocycles. The molecule has 1 nitrogen and oxygen atoms in total. The predicted octanol–water partition coefficient (Wildman–Crippen LogP) is 8.13. The first-order chi connectivity index (χ1) is 16.3. The standard InChI is InChI=1S/C32H22O/c1-21-19-20-28-31(30(21)22-11-3-2-4-12-22)33-29-18-10-9-17-27(29)32(28)25-15-7-5-13-23(25)24-14-6-8-16-26(24)32/h2-20H,1H3. The molecule has 5 aromatic carbocycles. The number of para-hydroxylation sites is 1. The van der Waals surface area contributed by atoms with Gasteiger partial charge in [-0.25, -0.2) is 0 Å². The molecule has 1 heterocycles. The van der Waals surface area contributed by atoms with Gasteiger partial charge in [0.25, 0.3) is 0 Å². The molecular formula is C32H22O. The van der Waals surface area contributed by atoms with E-state index in [0.717, 1.165) is 11.5 Å². The van der Waals surface area contributed by atoms with Crippen molar-refractivity contribution in [3.63, 3.8) is 0 Å². The number of fused-ring (bicyclic) bond motifs is 9. The molecule has 1 spiro atoms. The largest absolute Gasteiger partial charge is 0.456 e. The molecule has 7 rings (SSSR count). The minimum atomic E-state index is -0.408. The molecule has 156 valence electrons. The van der Waals surface area contributed by atoms with Crippen LogP contribution in [0.25, 0.3) is 22.3 Å². The fourth-order valence-electron chi connectivity index (χ4n) is 5.98. The Balaban J connectivity index is 1.68. The van der Waals surface area contributed by atoms with Gasteiger partial charge in [0.1, 0.15) is 11.5 Å². The van der Waals surface area contributed by atoms with Gasteiger partial charge in [-0.2, -0.15) is 0 Å². The molecule has 0 bridgehead atoms. The van der Waals surface area contributed by atoms with Crippen molar-refractivity contribution >= 4 is 0 Å². The third-order valence-corrected chi connectivity index (χ3v) is 7.29. The molecule has 33 heavy (non-hydrogen) atoms. The molecule has 0 saturated carbocycles. The molecule has 1 heteroatoms. The Morgan fingerprint density at radius 3 is 1.79 bits per heavy atom. The van der Waals surface area contributed by atoms with Gasteiger partial charge in [0.2, 0.25) is 0 Å². The number of benzene rings is 5. The van der Waals surface area contributed by atoms with Gasteiger partial charge in [0.05, 0.1) is 5.41 Å². The second-order valence-corrected chi connectivity index (χ2v) is 8.94. The molecule has 0 amide bonds. The van der Waals surface area contributed by atoms with E-state index in [1.54, 1.807) is 0 Å². The van der Waals surface area contributed by atoms with Gasteiger partial charge in [-0.1, -0.05) is 109 Å². The van der Waals surface area contributed by atoms with Crippen molar-refractivity contribution in [1.29, 1.82) is 0 Å². The molecule has 0 radical (unpaired) electrons. The normalized spacial score (nSPS) is 14.1. The first-order valence-corrected chi connectivity index (χ1v) is 11.5. The van der Waals surface area contributed by atoms with Gasteiger partial charge < -0.3 is 4.74 Å². The van der Waals surface area contributed by atoms with E-state index in [0.29, 0.717) is 0 Å². The Morgan fingerprint density at radius 1 is 0.515 bits per heavy atom. The first-order valence-electron chi connectivity index (χ1n) is 11.5. The van der Waals surface area contributed by atoms with Crippen LogP contribution in [0.5, 0.6) is 11.5 Å². The molecule has 0 fully saturated rings. The Bertz CT molecular complexity index is 1500. The van der Waals surface area contributed by atoms with Crippen molar-refractivity contribution in [2.24, 2.45) is 0 Å². The molecule has 0 N–H and O–H groups in total. The summed E-state index contributed by atoms with van der Waals surface area (Å²) in [6.07, 6.45) is 0. The van der Waals surface area contributed by atoms with E-state index in [4.69, 9.17) is 4.74 Å². The minimum Gasteiger partial charge on any atom is -0.456 e. The van der Waals surface area contributed by atoms with E-state index in [2.05, 4.69) is 122 Å². The third-order valence-electron chi connectivity index (χ3n) is 7.29. The summed E-state index contributed by atoms with van der Waals surface area (Å²) in [4.78, 5) is 0. The molecule has 1 aliphatic carbocycles. The lowest BCUT2D eigenvalue weighted by molar-refractivity contribution is 0.437. The molecule has 0 atom stereocenters. The lowest BCUT2D eigenvalue weighted by Gasteiger charge is -2.40. The SMILES string of the molecule is Cc1ccc2c(c1-c1ccccc1)Oc1ccccc1C21c2ccccc2-c2ccccc21. The van der Waals surface area contributed by atoms with Gasteiger partial charge in [0, 0.05) is 16.7 Å². The highest BCUT2D eigenvalue weighted by Gasteiger charge is 2.51. The number of rotatable bonds is 1. The van der Waals surface area contributed by atoms with Crippen molar-refractivity contribution in [1.82, 2.24) is 0 Å². The second-order valence-electron chi connectivity index (χ2n) is 8.94. The summed E-state index contributed by atoms with van der Waals surface area (Å²) in [5.74, 6) is 1.89. The maximum Gasteiger partial charge on any atom is 0.140 e. The summed E-state index contributed by atoms with van der Waals surface area (Å²) < 4.78 is 6.76. The van der Waals surface area contributed by atoms with Crippen LogP contribution < -0.4 is 4.74 Å². The molecular weight excluding hydrogens is 400 g/mol. The fourth-order valence-corrected chi connectivity index (χ4v) is 5.98. The topological polar surface area (TPSA) is 9.23 Å². The van der Waals surface area contributed by atoms with Crippen LogP contribution >= 0.6 is 0 Å². The van der Waals surface area contributed by atoms with Crippen molar-refractivity contribution in [2.45, 2.75) is 12.3 Å². The number of hydrogen-bond acceptors (Lipinski definition) is 1. The number of hydrogen-bond donors (Lipinski definition) is 0. The van der Waals surface area contributed by atoms with Crippen LogP contribution in [0.3, 0.4) is 0 Å². The van der Waals surface area contributed by atoms with Crippen molar-refractivity contribution in [3.8, 4) is 33.8 Å². The Kier molecular flexibility index (Phi) is 3.75. The third kappa shape index (κ3) is 2.32. The van der Waals surface area contributed by atoms with Crippen molar-refractivity contribution < 1.29 is 4.74 Å². The van der Waals surface area contributed by atoms with Crippen LogP contribution in [0.2, 0.25) is 0 Å². The average molecular weight is 423 g/mol. The quantitative estimate of drug-likeness (QED) is 0.259. The molecule has 1 aliphatic heterocycles. The van der Waals surface area contributed by atoms with E-state index in [1.807, 2.05) is 0 Å². The molecule has 5 aromatic rings. The van der Waals surface area contributed by atoms with Gasteiger partial charge >= 0.3 is 0 Å². The summed E-state index contributed by atoms with van der Waals surface area (Å²) in [5, 5.41) is 0. The highest BCUT2D eigenvalue weighted by molar-refractivity contribution is 5.90. The Labute approximate surface area is 193 Å². The van der Waals surface area contributed by atoms with E-state index < -0.39 is 5.41 Å². The minimum absolute atomic E-state index is 0.408. The second kappa shape index (κ2) is 6.70. The summed E-state index contributed by atoms with van der Waals surface area (Å²) in [6.45, 7) is 2.18. The zero-order chi connectivity index (χ0) is 22.0. The van der Waals surface area contributed by atoms with E-state index >= 15 is 0 Å². The fraction of sp³-hybridized carbons (Fsp3) is 0.0625. The average Bonchev–Trinajstić information content (AvgIpc) is 3.16. The van der Waals surface area contributed by atoms with Gasteiger partial charge in [-0.15, -0.1) is 0 Å². The van der Waals surface area contributed by atoms with Crippen LogP contribution in [-0.2, 0) is 5.41 Å². The van der Waals surface area contributed by atoms with E-state index in [1.165, 1.54) is 50.1 Å². The maximum atomic E-state index is 6.76. The highest BCUT2D eigenvalue weighted by atomic mass is 16.5. The monoisotopic (exact) mass is 422 g/mol. The van der Waals surface area contributed by atoms with Crippen LogP contribution in [0, 0.1) is 6.92 Å². The Hall–Kier alpha value is -4.10. The predicted molar refractivity (Wildman–Crippen MR) is 134 cm³/mol. The summed E-state index contributed by atoms with van der Waals surface area (Å²) in [5.41, 5.74) is 10.8. The molecule has 0 unspecified atom stereocenters. The van der Waals surface area contributed by atoms with Crippen molar-refractivity contribution in [2.75, 3.05) is 0 Å². The van der Waals surface area contributed by atoms with Crippen LogP contribution in [0.15, 0.2) is 115 Å². The maximum absolute atomic E-state index is 6.76. The van der Waals surface area contributed by atoms with E-state index in [9.17, 15) is 0 Å². The Morgan fingerprint density at radius 2 is 1.09 bits per heavy atom. The van der Waals surface area contributed by atoms with Gasteiger partial charge in [-0.05, 0) is 46.4 Å².